The van der Waals surface area contributed by atoms with Gasteiger partial charge in [0.05, 0.1) is 32.4 Å². The van der Waals surface area contributed by atoms with Crippen LogP contribution in [0.5, 0.6) is 0 Å². The normalized spacial score (nSPS) is 20.9. The van der Waals surface area contributed by atoms with Crippen LogP contribution in [0.15, 0.2) is 33.9 Å². The maximum atomic E-state index is 12.1. The van der Waals surface area contributed by atoms with Crippen molar-refractivity contribution in [1.82, 2.24) is 9.88 Å². The minimum atomic E-state index is -0.0854. The van der Waals surface area contributed by atoms with E-state index < -0.39 is 0 Å². The van der Waals surface area contributed by atoms with Gasteiger partial charge in [-0.1, -0.05) is 0 Å². The molecule has 3 aliphatic rings. The molecule has 1 aromatic heterocycles. The molecule has 1 unspecified atom stereocenters. The summed E-state index contributed by atoms with van der Waals surface area (Å²) < 4.78 is 11.2. The van der Waals surface area contributed by atoms with E-state index in [1.165, 1.54) is 6.07 Å². The van der Waals surface area contributed by atoms with Crippen molar-refractivity contribution in [2.75, 3.05) is 44.4 Å². The lowest BCUT2D eigenvalue weighted by Gasteiger charge is -2.27. The monoisotopic (exact) mass is 372 g/mol. The summed E-state index contributed by atoms with van der Waals surface area (Å²) in [5, 5.41) is 0. The molecule has 4 heterocycles. The molecule has 1 saturated heterocycles. The first-order chi connectivity index (χ1) is 13.2. The number of nitrogens with zero attached hydrogens (tertiary/aromatic N) is 3. The summed E-state index contributed by atoms with van der Waals surface area (Å²) in [6.45, 7) is 3.86. The van der Waals surface area contributed by atoms with Crippen molar-refractivity contribution in [2.45, 2.75) is 25.3 Å². The van der Waals surface area contributed by atoms with Gasteiger partial charge in [0.25, 0.3) is 0 Å². The molecule has 1 fully saturated rings. The Morgan fingerprint density at radius 1 is 1.33 bits per heavy atom. The van der Waals surface area contributed by atoms with Crippen molar-refractivity contribution in [3.05, 3.63) is 34.3 Å². The number of carbonyl (C=O) groups is 1. The van der Waals surface area contributed by atoms with E-state index in [9.17, 15) is 9.59 Å². The lowest BCUT2D eigenvalue weighted by molar-refractivity contribution is -0.135. The van der Waals surface area contributed by atoms with Gasteiger partial charge in [-0.25, -0.2) is 0 Å². The highest BCUT2D eigenvalue weighted by molar-refractivity contribution is 5.85. The standard InChI is InChI=1S/C19H24N4O4/c24-16-4-5-20-19-18(16)21-12-14-11-15(13-23(14)19)27-8-2-1-3-17(25)22-6-9-26-10-7-22/h4-5,11-12,14H,1-3,6-10,13H2,(H,20,24). The van der Waals surface area contributed by atoms with Crippen molar-refractivity contribution in [2.24, 2.45) is 4.99 Å². The first-order valence-corrected chi connectivity index (χ1v) is 9.44. The van der Waals surface area contributed by atoms with Gasteiger partial charge in [-0.05, 0) is 18.9 Å². The van der Waals surface area contributed by atoms with Crippen LogP contribution in [0.4, 0.5) is 11.5 Å². The van der Waals surface area contributed by atoms with Crippen LogP contribution in [0.2, 0.25) is 0 Å². The van der Waals surface area contributed by atoms with E-state index in [0.717, 1.165) is 24.4 Å². The average molecular weight is 372 g/mol. The second-order valence-electron chi connectivity index (χ2n) is 6.87. The molecule has 144 valence electrons. The summed E-state index contributed by atoms with van der Waals surface area (Å²) in [6.07, 6.45) is 7.64. The van der Waals surface area contributed by atoms with Crippen LogP contribution in [0.3, 0.4) is 0 Å². The molecule has 0 bridgehead atoms. The summed E-state index contributed by atoms with van der Waals surface area (Å²) in [4.78, 5) is 35.3. The smallest absolute Gasteiger partial charge is 0.222 e. The Labute approximate surface area is 157 Å². The van der Waals surface area contributed by atoms with Gasteiger partial charge in [0.1, 0.15) is 11.6 Å². The summed E-state index contributed by atoms with van der Waals surface area (Å²) in [7, 11) is 0. The van der Waals surface area contributed by atoms with Crippen LogP contribution in [-0.4, -0.2) is 67.5 Å². The molecule has 8 heteroatoms. The van der Waals surface area contributed by atoms with Crippen molar-refractivity contribution in [3.8, 4) is 0 Å². The number of aromatic amines is 1. The fourth-order valence-corrected chi connectivity index (χ4v) is 3.56. The zero-order valence-electron chi connectivity index (χ0n) is 15.2. The number of rotatable bonds is 6. The van der Waals surface area contributed by atoms with E-state index in [1.807, 2.05) is 11.0 Å². The Kier molecular flexibility index (Phi) is 5.24. The largest absolute Gasteiger partial charge is 0.496 e. The lowest BCUT2D eigenvalue weighted by Crippen LogP contribution is -2.40. The number of unbranched alkanes of at least 4 members (excludes halogenated alkanes) is 1. The van der Waals surface area contributed by atoms with Crippen LogP contribution in [0.1, 0.15) is 19.3 Å². The van der Waals surface area contributed by atoms with Crippen molar-refractivity contribution in [1.29, 1.82) is 0 Å². The first-order valence-electron chi connectivity index (χ1n) is 9.44. The summed E-state index contributed by atoms with van der Waals surface area (Å²) >= 11 is 0. The number of morpholine rings is 1. The third-order valence-corrected chi connectivity index (χ3v) is 5.03. The van der Waals surface area contributed by atoms with Gasteiger partial charge in [0.2, 0.25) is 11.3 Å². The average Bonchev–Trinajstić information content (AvgIpc) is 3.12. The van der Waals surface area contributed by atoms with Gasteiger partial charge in [0.15, 0.2) is 5.69 Å². The number of ether oxygens (including phenoxy) is 2. The number of amides is 1. The number of hydrogen-bond donors (Lipinski definition) is 1. The maximum Gasteiger partial charge on any atom is 0.222 e. The molecule has 0 spiro atoms. The minimum absolute atomic E-state index is 0.00782. The highest BCUT2D eigenvalue weighted by Gasteiger charge is 2.30. The van der Waals surface area contributed by atoms with E-state index in [-0.39, 0.29) is 17.4 Å². The summed E-state index contributed by atoms with van der Waals surface area (Å²) in [5.41, 5.74) is 0.364. The van der Waals surface area contributed by atoms with Gasteiger partial charge in [-0.15, -0.1) is 0 Å². The van der Waals surface area contributed by atoms with Gasteiger partial charge in [0, 0.05) is 38.0 Å². The van der Waals surface area contributed by atoms with Crippen LogP contribution in [0, 0.1) is 0 Å². The Bertz CT molecular complexity index is 810. The van der Waals surface area contributed by atoms with Gasteiger partial charge < -0.3 is 24.3 Å². The fourth-order valence-electron chi connectivity index (χ4n) is 3.56. The number of fused-ring (bicyclic) bond motifs is 3. The Morgan fingerprint density at radius 2 is 2.19 bits per heavy atom. The molecule has 4 rings (SSSR count). The SMILES string of the molecule is O=C(CCCCOC1=CC2C=Nc3c([nH]ccc3=O)N2C1)N1CCOCC1. The van der Waals surface area contributed by atoms with Crippen LogP contribution >= 0.6 is 0 Å². The molecular weight excluding hydrogens is 348 g/mol. The number of hydrogen-bond acceptors (Lipinski definition) is 6. The predicted octanol–water partition coefficient (Wildman–Crippen LogP) is 1.21. The molecule has 0 saturated carbocycles. The number of nitrogens with one attached hydrogen (secondary N) is 1. The third-order valence-electron chi connectivity index (χ3n) is 5.03. The first kappa shape index (κ1) is 17.8. The quantitative estimate of drug-likeness (QED) is 0.759. The lowest BCUT2D eigenvalue weighted by atomic mass is 10.2. The zero-order valence-corrected chi connectivity index (χ0v) is 15.2. The second kappa shape index (κ2) is 7.96. The third kappa shape index (κ3) is 3.90. The van der Waals surface area contributed by atoms with Crippen molar-refractivity contribution in [3.63, 3.8) is 0 Å². The molecule has 1 atom stereocenters. The van der Waals surface area contributed by atoms with Crippen molar-refractivity contribution < 1.29 is 14.3 Å². The van der Waals surface area contributed by atoms with Crippen LogP contribution in [0.25, 0.3) is 0 Å². The van der Waals surface area contributed by atoms with E-state index in [2.05, 4.69) is 14.9 Å². The number of H-pyrrole nitrogens is 1. The number of carbonyl (C=O) groups excluding carboxylic acids is 1. The fraction of sp³-hybridized carbons (Fsp3) is 0.526. The highest BCUT2D eigenvalue weighted by Crippen LogP contribution is 2.32. The highest BCUT2D eigenvalue weighted by atomic mass is 16.5. The second-order valence-corrected chi connectivity index (χ2v) is 6.87. The van der Waals surface area contributed by atoms with E-state index in [0.29, 0.717) is 51.6 Å². The predicted molar refractivity (Wildman–Crippen MR) is 102 cm³/mol. The Balaban J connectivity index is 1.21. The minimum Gasteiger partial charge on any atom is -0.496 e. The summed E-state index contributed by atoms with van der Waals surface area (Å²) in [5.74, 6) is 1.82. The van der Waals surface area contributed by atoms with E-state index in [4.69, 9.17) is 9.47 Å². The molecule has 0 aliphatic carbocycles. The van der Waals surface area contributed by atoms with E-state index in [1.54, 1.807) is 12.4 Å². The molecule has 0 radical (unpaired) electrons. The molecule has 8 nitrogen and oxygen atoms in total. The van der Waals surface area contributed by atoms with Gasteiger partial charge in [-0.2, -0.15) is 0 Å². The molecule has 1 amide bonds. The number of pyridine rings is 1. The molecule has 1 N–H and O–H groups in total. The van der Waals surface area contributed by atoms with Crippen LogP contribution in [-0.2, 0) is 14.3 Å². The zero-order chi connectivity index (χ0) is 18.6. The van der Waals surface area contributed by atoms with Crippen molar-refractivity contribution >= 4 is 23.6 Å². The van der Waals surface area contributed by atoms with E-state index >= 15 is 0 Å². The number of aliphatic imine (C=N–C) groups is 1. The molecule has 27 heavy (non-hydrogen) atoms. The van der Waals surface area contributed by atoms with Gasteiger partial charge >= 0.3 is 0 Å². The summed E-state index contributed by atoms with van der Waals surface area (Å²) in [6, 6.07) is 1.49. The topological polar surface area (TPSA) is 87.2 Å². The number of anilines is 1. The molecule has 3 aliphatic heterocycles. The maximum absolute atomic E-state index is 12.1. The van der Waals surface area contributed by atoms with Crippen LogP contribution < -0.4 is 10.3 Å². The number of aromatic nitrogens is 1. The molecular formula is C19H24N4O4. The Hall–Kier alpha value is -2.61. The van der Waals surface area contributed by atoms with Gasteiger partial charge in [-0.3, -0.25) is 14.6 Å². The molecule has 0 aromatic carbocycles. The Morgan fingerprint density at radius 3 is 3.04 bits per heavy atom. The molecule has 1 aromatic rings.